The Kier molecular flexibility index (Phi) is 6.44. The van der Waals surface area contributed by atoms with Crippen LogP contribution in [-0.4, -0.2) is 41.2 Å². The number of benzene rings is 2. The summed E-state index contributed by atoms with van der Waals surface area (Å²) in [5.74, 6) is 1.06. The molecule has 1 saturated heterocycles. The first-order valence-corrected chi connectivity index (χ1v) is 11.9. The highest BCUT2D eigenvalue weighted by Gasteiger charge is 2.33. The summed E-state index contributed by atoms with van der Waals surface area (Å²) in [5.41, 5.74) is 1.25. The van der Waals surface area contributed by atoms with E-state index < -0.39 is 11.7 Å². The normalized spacial score (nSPS) is 15.1. The highest BCUT2D eigenvalue weighted by molar-refractivity contribution is 7.17. The molecule has 0 aliphatic carbocycles. The predicted octanol–water partition coefficient (Wildman–Crippen LogP) is 6.61. The molecule has 0 amide bonds. The van der Waals surface area contributed by atoms with E-state index in [0.29, 0.717) is 31.4 Å². The van der Waals surface area contributed by atoms with Crippen LogP contribution >= 0.6 is 22.9 Å². The van der Waals surface area contributed by atoms with Crippen LogP contribution in [0.15, 0.2) is 53.9 Å². The first-order chi connectivity index (χ1) is 16.4. The first-order valence-electron chi connectivity index (χ1n) is 10.7. The molecule has 5 rings (SSSR count). The van der Waals surface area contributed by atoms with Crippen molar-refractivity contribution in [1.29, 1.82) is 0 Å². The first kappa shape index (κ1) is 23.0. The van der Waals surface area contributed by atoms with Crippen LogP contribution in [-0.2, 0) is 17.5 Å². The summed E-state index contributed by atoms with van der Waals surface area (Å²) in [7, 11) is 0. The van der Waals surface area contributed by atoms with Crippen LogP contribution in [0.4, 0.5) is 24.7 Å². The number of ether oxygens (including phenoxy) is 1. The van der Waals surface area contributed by atoms with Gasteiger partial charge in [-0.3, -0.25) is 4.90 Å². The highest BCUT2D eigenvalue weighted by Crippen LogP contribution is 2.40. The van der Waals surface area contributed by atoms with Crippen molar-refractivity contribution in [2.75, 3.05) is 31.6 Å². The molecule has 34 heavy (non-hydrogen) atoms. The molecule has 0 saturated carbocycles. The van der Waals surface area contributed by atoms with E-state index in [1.807, 2.05) is 35.7 Å². The molecule has 0 bridgehead atoms. The number of hydrogen-bond acceptors (Lipinski definition) is 6. The maximum absolute atomic E-state index is 13.4. The third-order valence-electron chi connectivity index (χ3n) is 5.57. The Morgan fingerprint density at radius 2 is 1.82 bits per heavy atom. The Balaban J connectivity index is 1.59. The fraction of sp³-hybridized carbons (Fsp3) is 0.250. The van der Waals surface area contributed by atoms with Crippen LogP contribution in [0.3, 0.4) is 0 Å². The largest absolute Gasteiger partial charge is 0.417 e. The smallest absolute Gasteiger partial charge is 0.379 e. The lowest BCUT2D eigenvalue weighted by molar-refractivity contribution is -0.137. The van der Waals surface area contributed by atoms with Gasteiger partial charge >= 0.3 is 6.18 Å². The molecule has 1 aliphatic heterocycles. The minimum absolute atomic E-state index is 0.249. The zero-order chi connectivity index (χ0) is 23.7. The molecule has 2 aromatic heterocycles. The number of anilines is 2. The molecule has 0 radical (unpaired) electrons. The van der Waals surface area contributed by atoms with Crippen LogP contribution in [0.2, 0.25) is 5.02 Å². The molecule has 4 aromatic rings. The van der Waals surface area contributed by atoms with Crippen LogP contribution in [0, 0.1) is 0 Å². The van der Waals surface area contributed by atoms with E-state index in [1.54, 1.807) is 0 Å². The number of halogens is 4. The van der Waals surface area contributed by atoms with Crippen LogP contribution in [0.5, 0.6) is 0 Å². The van der Waals surface area contributed by atoms with E-state index >= 15 is 0 Å². The van der Waals surface area contributed by atoms with Gasteiger partial charge in [0, 0.05) is 29.7 Å². The SMILES string of the molecule is FC(F)(F)c1cc(Nc2nc(CN3CCOCC3)nc3scc(-c4ccccc4)c23)ccc1Cl. The molecule has 1 N–H and O–H groups in total. The monoisotopic (exact) mass is 504 g/mol. The number of nitrogens with zero attached hydrogens (tertiary/aromatic N) is 3. The van der Waals surface area contributed by atoms with E-state index in [1.165, 1.54) is 23.5 Å². The third kappa shape index (κ3) is 4.88. The molecule has 0 atom stereocenters. The summed E-state index contributed by atoms with van der Waals surface area (Å²) in [6.45, 7) is 3.37. The second kappa shape index (κ2) is 9.50. The molecule has 0 spiro atoms. The Hall–Kier alpha value is -2.72. The van der Waals surface area contributed by atoms with Gasteiger partial charge in [0.2, 0.25) is 0 Å². The fourth-order valence-corrected chi connectivity index (χ4v) is 5.08. The van der Waals surface area contributed by atoms with E-state index in [9.17, 15) is 13.2 Å². The average molecular weight is 505 g/mol. The molecule has 1 aliphatic rings. The van der Waals surface area contributed by atoms with Gasteiger partial charge in [-0.05, 0) is 23.8 Å². The summed E-state index contributed by atoms with van der Waals surface area (Å²) in [6.07, 6.45) is -4.56. The standard InChI is InChI=1S/C24H20ClF3N4OS/c25-19-7-6-16(12-18(19)24(26,27)28)29-22-21-17(15-4-2-1-3-5-15)14-34-23(21)31-20(30-22)13-32-8-10-33-11-9-32/h1-7,12,14H,8-11,13H2,(H,29,30,31). The molecule has 10 heteroatoms. The van der Waals surface area contributed by atoms with Gasteiger partial charge in [-0.25, -0.2) is 9.97 Å². The molecular formula is C24H20ClF3N4OS. The Morgan fingerprint density at radius 3 is 2.56 bits per heavy atom. The van der Waals surface area contributed by atoms with Crippen molar-refractivity contribution in [1.82, 2.24) is 14.9 Å². The van der Waals surface area contributed by atoms with Gasteiger partial charge in [-0.1, -0.05) is 41.9 Å². The van der Waals surface area contributed by atoms with Crippen molar-refractivity contribution in [2.45, 2.75) is 12.7 Å². The zero-order valence-corrected chi connectivity index (χ0v) is 19.5. The Bertz CT molecular complexity index is 1310. The van der Waals surface area contributed by atoms with Gasteiger partial charge in [0.15, 0.2) is 0 Å². The van der Waals surface area contributed by atoms with E-state index in [2.05, 4.69) is 10.2 Å². The van der Waals surface area contributed by atoms with Gasteiger partial charge in [-0.2, -0.15) is 13.2 Å². The molecule has 2 aromatic carbocycles. The minimum atomic E-state index is -4.56. The summed E-state index contributed by atoms with van der Waals surface area (Å²) >= 11 is 7.30. The average Bonchev–Trinajstić information content (AvgIpc) is 3.25. The van der Waals surface area contributed by atoms with E-state index in [-0.39, 0.29) is 10.7 Å². The maximum Gasteiger partial charge on any atom is 0.417 e. The van der Waals surface area contributed by atoms with Gasteiger partial charge in [-0.15, -0.1) is 11.3 Å². The zero-order valence-electron chi connectivity index (χ0n) is 17.9. The second-order valence-electron chi connectivity index (χ2n) is 7.89. The quantitative estimate of drug-likeness (QED) is 0.331. The lowest BCUT2D eigenvalue weighted by Crippen LogP contribution is -2.36. The van der Waals surface area contributed by atoms with Crippen molar-refractivity contribution < 1.29 is 17.9 Å². The van der Waals surface area contributed by atoms with E-state index in [0.717, 1.165) is 40.5 Å². The topological polar surface area (TPSA) is 50.3 Å². The van der Waals surface area contributed by atoms with Crippen LogP contribution in [0.1, 0.15) is 11.4 Å². The molecule has 176 valence electrons. The minimum Gasteiger partial charge on any atom is -0.379 e. The lowest BCUT2D eigenvalue weighted by Gasteiger charge is -2.25. The lowest BCUT2D eigenvalue weighted by atomic mass is 10.1. The van der Waals surface area contributed by atoms with E-state index in [4.69, 9.17) is 26.3 Å². The highest BCUT2D eigenvalue weighted by atomic mass is 35.5. The van der Waals surface area contributed by atoms with Gasteiger partial charge in [0.1, 0.15) is 16.5 Å². The Labute approximate surface area is 203 Å². The molecule has 3 heterocycles. The number of rotatable bonds is 5. The number of aromatic nitrogens is 2. The third-order valence-corrected chi connectivity index (χ3v) is 6.77. The number of hydrogen-bond donors (Lipinski definition) is 1. The number of nitrogens with one attached hydrogen (secondary N) is 1. The maximum atomic E-state index is 13.4. The number of morpholine rings is 1. The fourth-order valence-electron chi connectivity index (χ4n) is 3.89. The molecule has 5 nitrogen and oxygen atoms in total. The summed E-state index contributed by atoms with van der Waals surface area (Å²) in [5, 5.41) is 5.54. The van der Waals surface area contributed by atoms with Crippen molar-refractivity contribution in [3.05, 3.63) is 70.3 Å². The number of alkyl halides is 3. The molecule has 1 fully saturated rings. The van der Waals surface area contributed by atoms with Gasteiger partial charge in [0.05, 0.1) is 35.7 Å². The van der Waals surface area contributed by atoms with Crippen molar-refractivity contribution in [3.63, 3.8) is 0 Å². The van der Waals surface area contributed by atoms with Gasteiger partial charge < -0.3 is 10.1 Å². The second-order valence-corrected chi connectivity index (χ2v) is 9.16. The summed E-state index contributed by atoms with van der Waals surface area (Å²) < 4.78 is 45.7. The molecular weight excluding hydrogens is 485 g/mol. The summed E-state index contributed by atoms with van der Waals surface area (Å²) in [6, 6.07) is 13.5. The number of fused-ring (bicyclic) bond motifs is 1. The predicted molar refractivity (Wildman–Crippen MR) is 129 cm³/mol. The van der Waals surface area contributed by atoms with Crippen LogP contribution in [0.25, 0.3) is 21.3 Å². The van der Waals surface area contributed by atoms with Crippen molar-refractivity contribution in [3.8, 4) is 11.1 Å². The molecule has 0 unspecified atom stereocenters. The van der Waals surface area contributed by atoms with Gasteiger partial charge in [0.25, 0.3) is 0 Å². The van der Waals surface area contributed by atoms with Crippen molar-refractivity contribution in [2.24, 2.45) is 0 Å². The summed E-state index contributed by atoms with van der Waals surface area (Å²) in [4.78, 5) is 12.5. The van der Waals surface area contributed by atoms with Crippen LogP contribution < -0.4 is 5.32 Å². The Morgan fingerprint density at radius 1 is 1.06 bits per heavy atom. The number of thiophene rings is 1. The van der Waals surface area contributed by atoms with Crippen molar-refractivity contribution >= 4 is 44.7 Å².